The number of aromatic nitrogens is 3. The summed E-state index contributed by atoms with van der Waals surface area (Å²) in [7, 11) is 1.33. The van der Waals surface area contributed by atoms with Crippen LogP contribution in [0, 0.1) is 20.8 Å². The second-order valence-electron chi connectivity index (χ2n) is 8.60. The van der Waals surface area contributed by atoms with E-state index in [1.54, 1.807) is 11.0 Å². The molecule has 1 fully saturated rings. The molecule has 1 aromatic heterocycles. The fourth-order valence-electron chi connectivity index (χ4n) is 4.47. The van der Waals surface area contributed by atoms with Crippen molar-refractivity contribution < 1.29 is 14.3 Å². The summed E-state index contributed by atoms with van der Waals surface area (Å²) in [6.07, 6.45) is 1.63. The maximum atomic E-state index is 13.4. The Morgan fingerprint density at radius 2 is 1.88 bits per heavy atom. The number of aryl methyl sites for hydroxylation is 3. The third kappa shape index (κ3) is 4.77. The van der Waals surface area contributed by atoms with Crippen LogP contribution < -0.4 is 5.32 Å². The summed E-state index contributed by atoms with van der Waals surface area (Å²) in [6, 6.07) is 10.8. The molecule has 2 heterocycles. The molecule has 2 amide bonds. The van der Waals surface area contributed by atoms with Crippen LogP contribution in [0.1, 0.15) is 57.6 Å². The normalized spacial score (nSPS) is 15.4. The highest BCUT2D eigenvalue weighted by molar-refractivity contribution is 6.30. The van der Waals surface area contributed by atoms with E-state index in [-0.39, 0.29) is 12.1 Å². The second-order valence-corrected chi connectivity index (χ2v) is 9.03. The number of likely N-dealkylation sites (tertiary alicyclic amines) is 1. The number of halogens is 1. The van der Waals surface area contributed by atoms with Gasteiger partial charge >= 0.3 is 12.0 Å². The molecule has 1 saturated heterocycles. The molecule has 0 spiro atoms. The van der Waals surface area contributed by atoms with Crippen molar-refractivity contribution in [1.82, 2.24) is 19.7 Å². The monoisotopic (exact) mass is 481 g/mol. The van der Waals surface area contributed by atoms with Gasteiger partial charge in [-0.25, -0.2) is 9.59 Å². The maximum Gasteiger partial charge on any atom is 0.339 e. The minimum atomic E-state index is -0.488. The molecule has 4 rings (SSSR count). The molecule has 1 aliphatic heterocycles. The van der Waals surface area contributed by atoms with Gasteiger partial charge < -0.3 is 19.5 Å². The zero-order valence-corrected chi connectivity index (χ0v) is 20.5. The minimum Gasteiger partial charge on any atom is -0.465 e. The molecule has 1 aliphatic rings. The smallest absolute Gasteiger partial charge is 0.339 e. The Balaban J connectivity index is 1.60. The van der Waals surface area contributed by atoms with E-state index in [1.165, 1.54) is 7.11 Å². The van der Waals surface area contributed by atoms with Crippen molar-refractivity contribution in [3.63, 3.8) is 0 Å². The highest BCUT2D eigenvalue weighted by Crippen LogP contribution is 2.33. The first-order valence-corrected chi connectivity index (χ1v) is 11.6. The van der Waals surface area contributed by atoms with Crippen molar-refractivity contribution >= 4 is 29.3 Å². The number of nitrogens with one attached hydrogen (secondary N) is 1. The van der Waals surface area contributed by atoms with Gasteiger partial charge in [0.15, 0.2) is 5.82 Å². The summed E-state index contributed by atoms with van der Waals surface area (Å²) in [4.78, 5) is 27.5. The number of ether oxygens (including phenoxy) is 1. The fourth-order valence-corrected chi connectivity index (χ4v) is 4.60. The maximum absolute atomic E-state index is 13.4. The summed E-state index contributed by atoms with van der Waals surface area (Å²) in [6.45, 7) is 6.84. The van der Waals surface area contributed by atoms with Gasteiger partial charge in [-0.15, -0.1) is 10.2 Å². The van der Waals surface area contributed by atoms with Crippen LogP contribution in [0.25, 0.3) is 0 Å². The number of hydrogen-bond acceptors (Lipinski definition) is 5. The van der Waals surface area contributed by atoms with E-state index >= 15 is 0 Å². The summed E-state index contributed by atoms with van der Waals surface area (Å²) in [5, 5.41) is 12.4. The third-order valence-electron chi connectivity index (χ3n) is 6.15. The number of carbonyl (C=O) groups excluding carboxylic acids is 2. The quantitative estimate of drug-likeness (QED) is 0.514. The van der Waals surface area contributed by atoms with Gasteiger partial charge in [0.05, 0.1) is 30.9 Å². The average molecular weight is 482 g/mol. The van der Waals surface area contributed by atoms with Crippen LogP contribution in [0.4, 0.5) is 10.5 Å². The molecule has 0 unspecified atom stereocenters. The average Bonchev–Trinajstić information content (AvgIpc) is 3.43. The number of benzene rings is 2. The Morgan fingerprint density at radius 1 is 1.15 bits per heavy atom. The van der Waals surface area contributed by atoms with Crippen molar-refractivity contribution in [2.24, 2.45) is 0 Å². The first kappa shape index (κ1) is 23.8. The minimum absolute atomic E-state index is 0.221. The lowest BCUT2D eigenvalue weighted by molar-refractivity contribution is 0.0601. The third-order valence-corrected chi connectivity index (χ3v) is 6.40. The number of anilines is 1. The van der Waals surface area contributed by atoms with Crippen LogP contribution >= 0.6 is 11.6 Å². The van der Waals surface area contributed by atoms with Crippen molar-refractivity contribution in [3.05, 3.63) is 75.3 Å². The van der Waals surface area contributed by atoms with E-state index in [9.17, 15) is 9.59 Å². The lowest BCUT2D eigenvalue weighted by atomic mass is 10.0. The predicted octanol–water partition coefficient (Wildman–Crippen LogP) is 5.06. The highest BCUT2D eigenvalue weighted by atomic mass is 35.5. The van der Waals surface area contributed by atoms with Crippen molar-refractivity contribution in [1.29, 1.82) is 0 Å². The molecule has 0 radical (unpaired) electrons. The lowest BCUT2D eigenvalue weighted by Crippen LogP contribution is -2.36. The number of hydrogen-bond donors (Lipinski definition) is 1. The van der Waals surface area contributed by atoms with Gasteiger partial charge in [0.1, 0.15) is 5.82 Å². The Bertz CT molecular complexity index is 1220. The van der Waals surface area contributed by atoms with Gasteiger partial charge in [0.2, 0.25) is 0 Å². The second kappa shape index (κ2) is 9.85. The number of rotatable bonds is 5. The SMILES string of the molecule is COC(=O)c1cc(C)cc(C)c1NC(=O)N1CCC[C@@H]1c1nnc(C)n1Cc1ccc(Cl)cc1. The van der Waals surface area contributed by atoms with Crippen molar-refractivity contribution in [2.45, 2.75) is 46.2 Å². The van der Waals surface area contributed by atoms with Crippen LogP contribution in [-0.2, 0) is 11.3 Å². The highest BCUT2D eigenvalue weighted by Gasteiger charge is 2.34. The number of esters is 1. The fraction of sp³-hybridized carbons (Fsp3) is 0.360. The number of methoxy groups -OCH3 is 1. The Hall–Kier alpha value is -3.39. The molecule has 178 valence electrons. The number of carbonyl (C=O) groups is 2. The van der Waals surface area contributed by atoms with E-state index < -0.39 is 5.97 Å². The van der Waals surface area contributed by atoms with Crippen LogP contribution in [0.15, 0.2) is 36.4 Å². The van der Waals surface area contributed by atoms with Gasteiger partial charge in [-0.3, -0.25) is 0 Å². The molecule has 0 saturated carbocycles. The Labute approximate surface area is 203 Å². The Morgan fingerprint density at radius 3 is 2.59 bits per heavy atom. The Kier molecular flexibility index (Phi) is 6.88. The summed E-state index contributed by atoms with van der Waals surface area (Å²) in [5.74, 6) is 1.03. The van der Waals surface area contributed by atoms with E-state index in [0.717, 1.165) is 41.2 Å². The van der Waals surface area contributed by atoms with Crippen LogP contribution in [0.3, 0.4) is 0 Å². The van der Waals surface area contributed by atoms with Gasteiger partial charge in [-0.1, -0.05) is 29.8 Å². The van der Waals surface area contributed by atoms with Crippen LogP contribution in [-0.4, -0.2) is 45.3 Å². The summed E-state index contributed by atoms with van der Waals surface area (Å²) < 4.78 is 6.97. The van der Waals surface area contributed by atoms with Gasteiger partial charge in [-0.05, 0) is 68.5 Å². The molecule has 9 heteroatoms. The molecule has 2 aromatic carbocycles. The molecule has 0 aliphatic carbocycles. The molecule has 8 nitrogen and oxygen atoms in total. The van der Waals surface area contributed by atoms with Crippen LogP contribution in [0.5, 0.6) is 0 Å². The molecular weight excluding hydrogens is 454 g/mol. The topological polar surface area (TPSA) is 89.3 Å². The number of nitrogens with zero attached hydrogens (tertiary/aromatic N) is 4. The van der Waals surface area contributed by atoms with Gasteiger partial charge in [-0.2, -0.15) is 0 Å². The molecule has 34 heavy (non-hydrogen) atoms. The predicted molar refractivity (Wildman–Crippen MR) is 130 cm³/mol. The van der Waals surface area contributed by atoms with Gasteiger partial charge in [0, 0.05) is 11.6 Å². The molecule has 1 atom stereocenters. The molecular formula is C25H28ClN5O3. The lowest BCUT2D eigenvalue weighted by Gasteiger charge is -2.26. The standard InChI is InChI=1S/C25H28ClN5O3/c1-15-12-16(2)22(20(13-15)24(32)34-4)27-25(33)30-11-5-6-21(30)23-29-28-17(3)31(23)14-18-7-9-19(26)10-8-18/h7-10,12-13,21H,5-6,11,14H2,1-4H3,(H,27,33)/t21-/m1/s1. The molecule has 3 aromatic rings. The van der Waals surface area contributed by atoms with Gasteiger partial charge in [0.25, 0.3) is 0 Å². The van der Waals surface area contributed by atoms with E-state index in [4.69, 9.17) is 16.3 Å². The summed E-state index contributed by atoms with van der Waals surface area (Å²) >= 11 is 6.03. The first-order chi connectivity index (χ1) is 16.3. The van der Waals surface area contributed by atoms with Crippen LogP contribution in [0.2, 0.25) is 5.02 Å². The zero-order valence-electron chi connectivity index (χ0n) is 19.8. The van der Waals surface area contributed by atoms with Crippen molar-refractivity contribution in [3.8, 4) is 0 Å². The summed E-state index contributed by atoms with van der Waals surface area (Å²) in [5.41, 5.74) is 3.59. The van der Waals surface area contributed by atoms with E-state index in [1.807, 2.05) is 55.7 Å². The number of amides is 2. The molecule has 0 bridgehead atoms. The van der Waals surface area contributed by atoms with E-state index in [2.05, 4.69) is 15.5 Å². The number of urea groups is 1. The zero-order chi connectivity index (χ0) is 24.4. The first-order valence-electron chi connectivity index (χ1n) is 11.2. The van der Waals surface area contributed by atoms with E-state index in [0.29, 0.717) is 29.4 Å². The largest absolute Gasteiger partial charge is 0.465 e. The molecule has 1 N–H and O–H groups in total. The van der Waals surface area contributed by atoms with Crippen molar-refractivity contribution in [2.75, 3.05) is 19.0 Å².